The van der Waals surface area contributed by atoms with Crippen LogP contribution in [-0.4, -0.2) is 223 Å². The lowest BCUT2D eigenvalue weighted by Crippen LogP contribution is -2.62. The van der Waals surface area contributed by atoms with Crippen molar-refractivity contribution in [3.05, 3.63) is 120 Å². The Morgan fingerprint density at radius 3 is 1.60 bits per heavy atom. The summed E-state index contributed by atoms with van der Waals surface area (Å²) in [5.41, 5.74) is 25.0. The van der Waals surface area contributed by atoms with Crippen molar-refractivity contribution in [1.29, 1.82) is 0 Å². The second-order valence-corrected chi connectivity index (χ2v) is 27.0. The van der Waals surface area contributed by atoms with E-state index in [9.17, 15) is 58.5 Å². The molecule has 3 aliphatic heterocycles. The Hall–Kier alpha value is -9.84. The molecule has 0 aliphatic carbocycles. The van der Waals surface area contributed by atoms with E-state index in [0.717, 1.165) is 0 Å². The third-order valence-electron chi connectivity index (χ3n) is 18.0. The van der Waals surface area contributed by atoms with Gasteiger partial charge in [-0.15, -0.1) is 5.10 Å². The van der Waals surface area contributed by atoms with Crippen LogP contribution in [0.2, 0.25) is 0 Å². The first-order valence-electron chi connectivity index (χ1n) is 34.9. The van der Waals surface area contributed by atoms with Crippen LogP contribution in [0.15, 0.2) is 97.2 Å². The first kappa shape index (κ1) is 81.5. The minimum Gasteiger partial charge on any atom is -0.394 e. The van der Waals surface area contributed by atoms with Gasteiger partial charge in [-0.25, -0.2) is 4.68 Å². The van der Waals surface area contributed by atoms with E-state index in [2.05, 4.69) is 58.2 Å². The second-order valence-electron chi connectivity index (χ2n) is 27.0. The van der Waals surface area contributed by atoms with Gasteiger partial charge in [-0.1, -0.05) is 124 Å². The number of fused-ring (bicyclic) bond motifs is 1. The van der Waals surface area contributed by atoms with Crippen molar-refractivity contribution < 1.29 is 82.3 Å². The number of nitrogens with two attached hydrogens (primary N) is 4. The molecule has 0 spiro atoms. The van der Waals surface area contributed by atoms with Gasteiger partial charge in [0.1, 0.15) is 78.7 Å². The summed E-state index contributed by atoms with van der Waals surface area (Å²) >= 11 is 0. The van der Waals surface area contributed by atoms with Crippen LogP contribution in [0.4, 0.5) is 0 Å². The van der Waals surface area contributed by atoms with Crippen molar-refractivity contribution in [2.75, 3.05) is 26.3 Å². The minimum absolute atomic E-state index is 0.0278. The number of ether oxygens (including phenoxy) is 2. The van der Waals surface area contributed by atoms with Gasteiger partial charge in [-0.2, -0.15) is 0 Å². The number of aliphatic hydroxyl groups excluding tert-OH is 3. The number of benzene rings is 3. The van der Waals surface area contributed by atoms with Gasteiger partial charge < -0.3 is 100 Å². The molecule has 3 aromatic carbocycles. The molecule has 4 heterocycles. The van der Waals surface area contributed by atoms with Crippen LogP contribution in [-0.2, 0) is 99.2 Å². The number of hydrogen-bond acceptors (Lipinski definition) is 21. The van der Waals surface area contributed by atoms with Crippen LogP contribution in [0.5, 0.6) is 0 Å². The molecule has 20 N–H and O–H groups in total. The molecular weight excluding hydrogens is 1350 g/mol. The molecule has 4 aromatic rings. The fourth-order valence-corrected chi connectivity index (χ4v) is 12.4. The van der Waals surface area contributed by atoms with E-state index >= 15 is 14.4 Å². The standard InChI is InChI=1S/C70H99N17O17/c1-38(2)30-46-62(95)82-51(33-42-20-12-7-13-21-42)69(102)87-27-15-23-52(87)67(100)81-48(32-41-18-10-6-11-19-41)64(97)78-47(31-40-16-8-5-9-17-40)63(96)80-50(35-55(73)90)65(98)75-45(24-25-54(72)89)61(94)79-49(66(99)83-57(39(3)4)68(101)76-44(22-14-26-71)60(93)77-46)34-43-36-86(85-84-43)28-29-103-70-56(74)59(92)58(91)53(37-88)104-70/h5-13,16-21,36,38-39,44-53,56-59,70,88,91-92H,14-15,22-35,37,71,74H2,1-4H3,(H2,72,89)(H2,73,90)(H,75,98)(H,76,101)(H,77,93)(H,78,97)(H,79,94)(H,80,96)(H,81,100)(H,82,95)(H,83,99)/t44-,45-,46-,47+,48-,49-,50-,51+,52-,53+,56+,57-,58+,59+,70+/m0/s1. The van der Waals surface area contributed by atoms with E-state index < -0.39 is 200 Å². The summed E-state index contributed by atoms with van der Waals surface area (Å²) in [6.07, 6.45) is -6.56. The lowest BCUT2D eigenvalue weighted by Gasteiger charge is -2.40. The van der Waals surface area contributed by atoms with Crippen LogP contribution in [0.25, 0.3) is 0 Å². The number of primary amides is 2. The molecule has 0 bridgehead atoms. The number of hydrogen-bond donors (Lipinski definition) is 16. The molecule has 34 nitrogen and oxygen atoms in total. The van der Waals surface area contributed by atoms with E-state index in [4.69, 9.17) is 32.4 Å². The molecule has 0 unspecified atom stereocenters. The number of aliphatic hydroxyl groups is 3. The first-order chi connectivity index (χ1) is 49.6. The Labute approximate surface area is 601 Å². The predicted molar refractivity (Wildman–Crippen MR) is 373 cm³/mol. The van der Waals surface area contributed by atoms with Gasteiger partial charge in [-0.05, 0) is 73.6 Å². The smallest absolute Gasteiger partial charge is 0.246 e. The summed E-state index contributed by atoms with van der Waals surface area (Å²) in [6, 6.07) is 9.23. The third-order valence-corrected chi connectivity index (χ3v) is 18.0. The van der Waals surface area contributed by atoms with E-state index in [-0.39, 0.29) is 82.8 Å². The normalized spacial score (nSPS) is 27.1. The van der Waals surface area contributed by atoms with Crippen molar-refractivity contribution in [3.63, 3.8) is 0 Å². The zero-order valence-corrected chi connectivity index (χ0v) is 58.7. The van der Waals surface area contributed by atoms with Gasteiger partial charge >= 0.3 is 0 Å². The Balaban J connectivity index is 1.29. The highest BCUT2D eigenvalue weighted by molar-refractivity contribution is 6.01. The van der Waals surface area contributed by atoms with Gasteiger partial charge in [0.15, 0.2) is 6.29 Å². The number of nitrogens with zero attached hydrogens (tertiary/aromatic N) is 4. The molecule has 3 saturated heterocycles. The minimum atomic E-state index is -1.91. The monoisotopic (exact) mass is 1450 g/mol. The molecule has 0 saturated carbocycles. The molecular formula is C70H99N17O17. The van der Waals surface area contributed by atoms with Gasteiger partial charge in [0.2, 0.25) is 70.9 Å². The number of aromatic nitrogens is 3. The van der Waals surface area contributed by atoms with E-state index in [1.807, 2.05) is 13.8 Å². The van der Waals surface area contributed by atoms with E-state index in [1.54, 1.807) is 105 Å². The number of rotatable bonds is 24. The van der Waals surface area contributed by atoms with Crippen LogP contribution in [0.3, 0.4) is 0 Å². The number of carbonyl (C=O) groups is 12. The molecule has 3 aliphatic rings. The SMILES string of the molecule is CC(C)C[C@@H]1NC(=O)[C@H](CCCN)NC(=O)[C@H](C(C)C)NC(=O)[C@H](Cc2cn(CCO[C@@H]3O[C@H](CO)[C@@H](O)[C@H](O)[C@H]3N)nn2)NC(=O)[C@H](CCC(N)=O)NC(=O)[C@H](CC(N)=O)NC(=O)[C@@H](Cc2ccccc2)NC(=O)[C@H](Cc2ccccc2)NC(=O)[C@@H]2CCCN2C(=O)[C@@H](Cc2ccccc2)NC1=O. The summed E-state index contributed by atoms with van der Waals surface area (Å²) in [7, 11) is 0. The average molecular weight is 1450 g/mol. The molecule has 566 valence electrons. The van der Waals surface area contributed by atoms with Crippen LogP contribution < -0.4 is 70.8 Å². The Morgan fingerprint density at radius 1 is 0.587 bits per heavy atom. The summed E-state index contributed by atoms with van der Waals surface area (Å²) < 4.78 is 12.6. The van der Waals surface area contributed by atoms with Gasteiger partial charge in [0.05, 0.1) is 37.9 Å². The highest BCUT2D eigenvalue weighted by Crippen LogP contribution is 2.24. The fourth-order valence-electron chi connectivity index (χ4n) is 12.4. The Morgan fingerprint density at radius 2 is 1.06 bits per heavy atom. The molecule has 104 heavy (non-hydrogen) atoms. The molecule has 15 atom stereocenters. The van der Waals surface area contributed by atoms with Gasteiger partial charge in [0, 0.05) is 44.8 Å². The van der Waals surface area contributed by atoms with E-state index in [0.29, 0.717) is 23.1 Å². The molecule has 3 fully saturated rings. The largest absolute Gasteiger partial charge is 0.394 e. The molecule has 0 radical (unpaired) electrons. The van der Waals surface area contributed by atoms with Crippen molar-refractivity contribution >= 4 is 70.9 Å². The molecule has 1 aromatic heterocycles. The van der Waals surface area contributed by atoms with Gasteiger partial charge in [-0.3, -0.25) is 57.5 Å². The Bertz CT molecular complexity index is 3570. The lowest BCUT2D eigenvalue weighted by atomic mass is 9.98. The predicted octanol–water partition coefficient (Wildman–Crippen LogP) is -4.72. The van der Waals surface area contributed by atoms with Crippen molar-refractivity contribution in [1.82, 2.24) is 67.7 Å². The van der Waals surface area contributed by atoms with Crippen molar-refractivity contribution in [3.8, 4) is 0 Å². The second kappa shape index (κ2) is 39.7. The van der Waals surface area contributed by atoms with Crippen LogP contribution in [0, 0.1) is 11.8 Å². The summed E-state index contributed by atoms with van der Waals surface area (Å²) in [6.45, 7) is 5.94. The zero-order chi connectivity index (χ0) is 75.7. The van der Waals surface area contributed by atoms with Crippen molar-refractivity contribution in [2.24, 2.45) is 34.8 Å². The lowest BCUT2D eigenvalue weighted by molar-refractivity contribution is -0.266. The van der Waals surface area contributed by atoms with Crippen LogP contribution >= 0.6 is 0 Å². The summed E-state index contributed by atoms with van der Waals surface area (Å²) in [5, 5.41) is 62.8. The highest BCUT2D eigenvalue weighted by atomic mass is 16.7. The highest BCUT2D eigenvalue weighted by Gasteiger charge is 2.45. The third kappa shape index (κ3) is 24.1. The molecule has 7 rings (SSSR count). The Kier molecular flexibility index (Phi) is 31.1. The number of amides is 12. The number of carbonyl (C=O) groups excluding carboxylic acids is 12. The summed E-state index contributed by atoms with van der Waals surface area (Å²) in [5.74, 6) is -12.3. The fraction of sp³-hybridized carbons (Fsp3) is 0.543. The first-order valence-corrected chi connectivity index (χ1v) is 34.9. The average Bonchev–Trinajstić information content (AvgIpc) is 1.73. The number of nitrogens with one attached hydrogen (secondary N) is 9. The molecule has 12 amide bonds. The topological polar surface area (TPSA) is 530 Å². The van der Waals surface area contributed by atoms with Gasteiger partial charge in [0.25, 0.3) is 0 Å². The van der Waals surface area contributed by atoms with Crippen LogP contribution in [0.1, 0.15) is 101 Å². The maximum absolute atomic E-state index is 15.2. The zero-order valence-electron chi connectivity index (χ0n) is 58.7. The maximum atomic E-state index is 15.2. The quantitative estimate of drug-likeness (QED) is 0.0313. The molecule has 34 heteroatoms. The summed E-state index contributed by atoms with van der Waals surface area (Å²) in [4.78, 5) is 176. The van der Waals surface area contributed by atoms with E-state index in [1.165, 1.54) is 15.8 Å². The van der Waals surface area contributed by atoms with Crippen molar-refractivity contribution in [2.45, 2.75) is 202 Å². The maximum Gasteiger partial charge on any atom is 0.246 e.